The van der Waals surface area contributed by atoms with Gasteiger partial charge in [0.1, 0.15) is 31.0 Å². The van der Waals surface area contributed by atoms with Gasteiger partial charge in [-0.1, -0.05) is 12.1 Å². The topological polar surface area (TPSA) is 40.0 Å². The molecule has 0 radical (unpaired) electrons. The highest BCUT2D eigenvalue weighted by molar-refractivity contribution is 5.94. The van der Waals surface area contributed by atoms with Crippen LogP contribution in [-0.4, -0.2) is 44.2 Å². The predicted molar refractivity (Wildman–Crippen MR) is 82.1 cm³/mol. The van der Waals surface area contributed by atoms with Gasteiger partial charge in [0.15, 0.2) is 5.78 Å². The summed E-state index contributed by atoms with van der Waals surface area (Å²) in [5.41, 5.74) is 0.703. The SMILES string of the molecule is CC(=O)c1cccc(OCCC[NH+]2C[C@@H](C)O[C@H](C)C2)c1. The largest absolute Gasteiger partial charge is 0.493 e. The Morgan fingerprint density at radius 2 is 2.05 bits per heavy atom. The molecule has 1 N–H and O–H groups in total. The van der Waals surface area contributed by atoms with Crippen molar-refractivity contribution in [2.24, 2.45) is 0 Å². The number of Topliss-reactive ketones (excluding diaryl/α,β-unsaturated/α-hetero) is 1. The molecule has 4 nitrogen and oxygen atoms in total. The summed E-state index contributed by atoms with van der Waals surface area (Å²) in [6.07, 6.45) is 1.70. The molecule has 116 valence electrons. The Morgan fingerprint density at radius 1 is 1.33 bits per heavy atom. The number of rotatable bonds is 6. The van der Waals surface area contributed by atoms with Crippen molar-refractivity contribution in [3.63, 3.8) is 0 Å². The molecule has 1 saturated heterocycles. The molecule has 0 spiro atoms. The summed E-state index contributed by atoms with van der Waals surface area (Å²) in [6.45, 7) is 9.79. The monoisotopic (exact) mass is 292 g/mol. The van der Waals surface area contributed by atoms with E-state index in [2.05, 4.69) is 13.8 Å². The maximum Gasteiger partial charge on any atom is 0.159 e. The minimum absolute atomic E-state index is 0.0705. The Hall–Kier alpha value is -1.39. The smallest absolute Gasteiger partial charge is 0.159 e. The second-order valence-electron chi connectivity index (χ2n) is 5.95. The quantitative estimate of drug-likeness (QED) is 0.635. The van der Waals surface area contributed by atoms with Crippen LogP contribution in [0.15, 0.2) is 24.3 Å². The van der Waals surface area contributed by atoms with E-state index in [9.17, 15) is 4.79 Å². The summed E-state index contributed by atoms with van der Waals surface area (Å²) < 4.78 is 11.5. The summed E-state index contributed by atoms with van der Waals surface area (Å²) in [5.74, 6) is 0.850. The molecule has 21 heavy (non-hydrogen) atoms. The number of nitrogens with one attached hydrogen (secondary N) is 1. The summed E-state index contributed by atoms with van der Waals surface area (Å²) in [6, 6.07) is 7.39. The number of benzene rings is 1. The van der Waals surface area contributed by atoms with Gasteiger partial charge < -0.3 is 14.4 Å². The zero-order valence-corrected chi connectivity index (χ0v) is 13.2. The lowest BCUT2D eigenvalue weighted by Crippen LogP contribution is -3.15. The Labute approximate surface area is 127 Å². The van der Waals surface area contributed by atoms with Crippen molar-refractivity contribution in [2.75, 3.05) is 26.2 Å². The molecule has 4 heteroatoms. The van der Waals surface area contributed by atoms with Crippen LogP contribution < -0.4 is 9.64 Å². The molecule has 0 saturated carbocycles. The highest BCUT2D eigenvalue weighted by atomic mass is 16.5. The number of carbonyl (C=O) groups is 1. The third kappa shape index (κ3) is 5.14. The maximum absolute atomic E-state index is 11.3. The minimum Gasteiger partial charge on any atom is -0.493 e. The van der Waals surface area contributed by atoms with Crippen LogP contribution in [0.25, 0.3) is 0 Å². The van der Waals surface area contributed by atoms with E-state index in [0.717, 1.165) is 31.8 Å². The van der Waals surface area contributed by atoms with Gasteiger partial charge in [-0.25, -0.2) is 0 Å². The van der Waals surface area contributed by atoms with Gasteiger partial charge in [0.25, 0.3) is 0 Å². The van der Waals surface area contributed by atoms with Crippen molar-refractivity contribution < 1.29 is 19.2 Å². The molecular weight excluding hydrogens is 266 g/mol. The molecule has 1 aromatic rings. The number of quaternary nitrogens is 1. The van der Waals surface area contributed by atoms with Gasteiger partial charge in [0.2, 0.25) is 0 Å². The van der Waals surface area contributed by atoms with E-state index in [4.69, 9.17) is 9.47 Å². The van der Waals surface area contributed by atoms with Crippen LogP contribution in [0.3, 0.4) is 0 Å². The van der Waals surface area contributed by atoms with Crippen molar-refractivity contribution in [1.29, 1.82) is 0 Å². The molecule has 1 aliphatic heterocycles. The third-order valence-electron chi connectivity index (χ3n) is 3.80. The molecule has 1 heterocycles. The highest BCUT2D eigenvalue weighted by Gasteiger charge is 2.24. The van der Waals surface area contributed by atoms with E-state index >= 15 is 0 Å². The first-order valence-electron chi connectivity index (χ1n) is 7.77. The van der Waals surface area contributed by atoms with Crippen molar-refractivity contribution in [1.82, 2.24) is 0 Å². The molecule has 1 fully saturated rings. The molecule has 1 aromatic carbocycles. The van der Waals surface area contributed by atoms with Crippen LogP contribution in [0.4, 0.5) is 0 Å². The number of hydrogen-bond acceptors (Lipinski definition) is 3. The van der Waals surface area contributed by atoms with Crippen LogP contribution >= 0.6 is 0 Å². The summed E-state index contributed by atoms with van der Waals surface area (Å²) in [5, 5.41) is 0. The number of morpholine rings is 1. The lowest BCUT2D eigenvalue weighted by atomic mass is 10.1. The van der Waals surface area contributed by atoms with Crippen molar-refractivity contribution >= 4 is 5.78 Å². The first-order chi connectivity index (χ1) is 10.0. The number of carbonyl (C=O) groups excluding carboxylic acids is 1. The van der Waals surface area contributed by atoms with Gasteiger partial charge in [-0.05, 0) is 32.9 Å². The average Bonchev–Trinajstić information content (AvgIpc) is 2.43. The van der Waals surface area contributed by atoms with Gasteiger partial charge >= 0.3 is 0 Å². The van der Waals surface area contributed by atoms with E-state index < -0.39 is 0 Å². The number of ketones is 1. The Bertz CT molecular complexity index is 465. The minimum atomic E-state index is 0.0705. The van der Waals surface area contributed by atoms with Crippen molar-refractivity contribution in [2.45, 2.75) is 39.4 Å². The van der Waals surface area contributed by atoms with Crippen LogP contribution in [0.1, 0.15) is 37.6 Å². The fourth-order valence-corrected chi connectivity index (χ4v) is 2.91. The summed E-state index contributed by atoms with van der Waals surface area (Å²) >= 11 is 0. The Kier molecular flexibility index (Phi) is 5.76. The van der Waals surface area contributed by atoms with Gasteiger partial charge in [-0.2, -0.15) is 0 Å². The third-order valence-corrected chi connectivity index (χ3v) is 3.80. The van der Waals surface area contributed by atoms with Crippen molar-refractivity contribution in [3.05, 3.63) is 29.8 Å². The van der Waals surface area contributed by atoms with Crippen LogP contribution in [0.2, 0.25) is 0 Å². The maximum atomic E-state index is 11.3. The van der Waals surface area contributed by atoms with Gasteiger partial charge in [0, 0.05) is 12.0 Å². The molecule has 0 bridgehead atoms. The summed E-state index contributed by atoms with van der Waals surface area (Å²) in [4.78, 5) is 12.9. The van der Waals surface area contributed by atoms with Gasteiger partial charge in [-0.15, -0.1) is 0 Å². The molecule has 2 rings (SSSR count). The number of ether oxygens (including phenoxy) is 2. The zero-order chi connectivity index (χ0) is 15.2. The van der Waals surface area contributed by atoms with Gasteiger partial charge in [-0.3, -0.25) is 4.79 Å². The van der Waals surface area contributed by atoms with Crippen LogP contribution in [0, 0.1) is 0 Å². The van der Waals surface area contributed by atoms with E-state index in [1.165, 1.54) is 0 Å². The Morgan fingerprint density at radius 3 is 2.71 bits per heavy atom. The fourth-order valence-electron chi connectivity index (χ4n) is 2.91. The molecule has 0 aliphatic carbocycles. The van der Waals surface area contributed by atoms with Crippen LogP contribution in [-0.2, 0) is 4.74 Å². The van der Waals surface area contributed by atoms with Crippen molar-refractivity contribution in [3.8, 4) is 5.75 Å². The molecule has 2 atom stereocenters. The zero-order valence-electron chi connectivity index (χ0n) is 13.2. The predicted octanol–water partition coefficient (Wildman–Crippen LogP) is 1.35. The Balaban J connectivity index is 1.72. The lowest BCUT2D eigenvalue weighted by molar-refractivity contribution is -0.915. The number of hydrogen-bond donors (Lipinski definition) is 1. The fraction of sp³-hybridized carbons (Fsp3) is 0.588. The van der Waals surface area contributed by atoms with E-state index in [1.54, 1.807) is 11.8 Å². The molecule has 0 aromatic heterocycles. The molecule has 0 amide bonds. The second-order valence-corrected chi connectivity index (χ2v) is 5.95. The molecule has 1 aliphatic rings. The molecular formula is C17H26NO3+. The molecule has 0 unspecified atom stereocenters. The van der Waals surface area contributed by atoms with E-state index in [0.29, 0.717) is 24.4 Å². The summed E-state index contributed by atoms with van der Waals surface area (Å²) in [7, 11) is 0. The average molecular weight is 292 g/mol. The standard InChI is InChI=1S/C17H25NO3/c1-13-11-18(12-14(2)21-13)8-5-9-20-17-7-4-6-16(10-17)15(3)19/h4,6-7,10,13-14H,5,8-9,11-12H2,1-3H3/p+1/t13-,14-/m1/s1. The lowest BCUT2D eigenvalue weighted by Gasteiger charge is -2.32. The van der Waals surface area contributed by atoms with Crippen LogP contribution in [0.5, 0.6) is 5.75 Å². The highest BCUT2D eigenvalue weighted by Crippen LogP contribution is 2.13. The van der Waals surface area contributed by atoms with Gasteiger partial charge in [0.05, 0.1) is 13.2 Å². The van der Waals surface area contributed by atoms with E-state index in [1.807, 2.05) is 24.3 Å². The first kappa shape index (κ1) is 16.0. The van der Waals surface area contributed by atoms with E-state index in [-0.39, 0.29) is 5.78 Å². The normalized spacial score (nSPS) is 25.6. The second kappa shape index (κ2) is 7.57. The first-order valence-corrected chi connectivity index (χ1v) is 7.77.